The van der Waals surface area contributed by atoms with Gasteiger partial charge in [0.1, 0.15) is 5.75 Å². The van der Waals surface area contributed by atoms with Crippen LogP contribution in [0.5, 0.6) is 5.75 Å². The summed E-state index contributed by atoms with van der Waals surface area (Å²) in [7, 11) is 1.52. The summed E-state index contributed by atoms with van der Waals surface area (Å²) in [5, 5.41) is 12.9. The molecule has 2 rings (SSSR count). The van der Waals surface area contributed by atoms with E-state index in [0.717, 1.165) is 25.7 Å². The van der Waals surface area contributed by atoms with Gasteiger partial charge in [0.25, 0.3) is 5.91 Å². The monoisotopic (exact) mass is 283 g/mol. The molecule has 0 saturated heterocycles. The third kappa shape index (κ3) is 3.61. The fourth-order valence-electron chi connectivity index (χ4n) is 2.34. The molecule has 0 heterocycles. The number of carbonyl (C=O) groups is 1. The average Bonchev–Trinajstić information content (AvgIpc) is 2.41. The van der Waals surface area contributed by atoms with Crippen LogP contribution in [-0.4, -0.2) is 30.3 Å². The molecule has 1 amide bonds. The molecule has 1 saturated carbocycles. The van der Waals surface area contributed by atoms with Crippen LogP contribution in [0, 0.1) is 0 Å². The molecule has 0 atom stereocenters. The van der Waals surface area contributed by atoms with Crippen LogP contribution in [0.3, 0.4) is 0 Å². The normalized spacial score (nSPS) is 22.9. The smallest absolute Gasteiger partial charge is 0.255 e. The molecule has 0 unspecified atom stereocenters. The predicted molar refractivity (Wildman–Crippen MR) is 73.7 cm³/mol. The van der Waals surface area contributed by atoms with Gasteiger partial charge in [-0.1, -0.05) is 11.6 Å². The molecular formula is C14H18ClNO3. The van der Waals surface area contributed by atoms with Crippen LogP contribution in [0.15, 0.2) is 18.2 Å². The van der Waals surface area contributed by atoms with Gasteiger partial charge in [-0.05, 0) is 43.9 Å². The molecule has 1 aromatic carbocycles. The standard InChI is InChI=1S/C14H18ClNO3/c1-19-13-7-2-9(15)8-12(13)14(18)16-10-3-5-11(17)6-4-10/h2,7-8,10-11,17H,3-6H2,1H3,(H,16,18). The SMILES string of the molecule is COc1ccc(Cl)cc1C(=O)NC1CCC(O)CC1. The molecule has 0 aromatic heterocycles. The number of halogens is 1. The molecule has 19 heavy (non-hydrogen) atoms. The van der Waals surface area contributed by atoms with Crippen LogP contribution in [0.25, 0.3) is 0 Å². The molecule has 0 radical (unpaired) electrons. The van der Waals surface area contributed by atoms with Gasteiger partial charge in [0.15, 0.2) is 0 Å². The second-order valence-corrected chi connectivity index (χ2v) is 5.26. The van der Waals surface area contributed by atoms with Crippen LogP contribution in [0.2, 0.25) is 5.02 Å². The molecule has 0 aliphatic heterocycles. The number of aliphatic hydroxyl groups excluding tert-OH is 1. The van der Waals surface area contributed by atoms with Crippen molar-refractivity contribution in [3.8, 4) is 5.75 Å². The first kappa shape index (κ1) is 14.2. The summed E-state index contributed by atoms with van der Waals surface area (Å²) in [5.41, 5.74) is 0.445. The number of hydrogen-bond donors (Lipinski definition) is 2. The lowest BCUT2D eigenvalue weighted by Gasteiger charge is -2.26. The van der Waals surface area contributed by atoms with Crippen molar-refractivity contribution >= 4 is 17.5 Å². The number of ether oxygens (including phenoxy) is 1. The topological polar surface area (TPSA) is 58.6 Å². The van der Waals surface area contributed by atoms with Crippen molar-refractivity contribution in [3.05, 3.63) is 28.8 Å². The Labute approximate surface area is 117 Å². The maximum absolute atomic E-state index is 12.2. The Kier molecular flexibility index (Phi) is 4.66. The first-order chi connectivity index (χ1) is 9.10. The van der Waals surface area contributed by atoms with Crippen LogP contribution in [0.1, 0.15) is 36.0 Å². The highest BCUT2D eigenvalue weighted by atomic mass is 35.5. The van der Waals surface area contributed by atoms with Crippen LogP contribution < -0.4 is 10.1 Å². The number of hydrogen-bond acceptors (Lipinski definition) is 3. The van der Waals surface area contributed by atoms with Gasteiger partial charge in [0, 0.05) is 11.1 Å². The van der Waals surface area contributed by atoms with Gasteiger partial charge in [-0.25, -0.2) is 0 Å². The summed E-state index contributed by atoms with van der Waals surface area (Å²) in [6, 6.07) is 5.09. The van der Waals surface area contributed by atoms with Crippen molar-refractivity contribution in [3.63, 3.8) is 0 Å². The lowest BCUT2D eigenvalue weighted by molar-refractivity contribution is 0.0865. The van der Waals surface area contributed by atoms with E-state index in [1.54, 1.807) is 18.2 Å². The highest BCUT2D eigenvalue weighted by molar-refractivity contribution is 6.31. The van der Waals surface area contributed by atoms with E-state index in [0.29, 0.717) is 16.3 Å². The third-order valence-corrected chi connectivity index (χ3v) is 3.67. The maximum Gasteiger partial charge on any atom is 0.255 e. The van der Waals surface area contributed by atoms with E-state index < -0.39 is 0 Å². The van der Waals surface area contributed by atoms with Gasteiger partial charge in [0.05, 0.1) is 18.8 Å². The number of carbonyl (C=O) groups excluding carboxylic acids is 1. The molecule has 2 N–H and O–H groups in total. The zero-order valence-corrected chi connectivity index (χ0v) is 11.6. The summed E-state index contributed by atoms with van der Waals surface area (Å²) >= 11 is 5.91. The Morgan fingerprint density at radius 2 is 2.05 bits per heavy atom. The van der Waals surface area contributed by atoms with Gasteiger partial charge in [0.2, 0.25) is 0 Å². The van der Waals surface area contributed by atoms with Gasteiger partial charge < -0.3 is 15.2 Å². The Hall–Kier alpha value is -1.26. The van der Waals surface area contributed by atoms with E-state index >= 15 is 0 Å². The minimum Gasteiger partial charge on any atom is -0.496 e. The Morgan fingerprint density at radius 1 is 1.37 bits per heavy atom. The summed E-state index contributed by atoms with van der Waals surface area (Å²) in [6.07, 6.45) is 2.84. The molecular weight excluding hydrogens is 266 g/mol. The Balaban J connectivity index is 2.05. The molecule has 0 spiro atoms. The van der Waals surface area contributed by atoms with Gasteiger partial charge >= 0.3 is 0 Å². The summed E-state index contributed by atoms with van der Waals surface area (Å²) in [6.45, 7) is 0. The van der Waals surface area contributed by atoms with Crippen molar-refractivity contribution in [1.29, 1.82) is 0 Å². The molecule has 4 nitrogen and oxygen atoms in total. The molecule has 1 fully saturated rings. The van der Waals surface area contributed by atoms with Crippen LogP contribution >= 0.6 is 11.6 Å². The summed E-state index contributed by atoms with van der Waals surface area (Å²) in [4.78, 5) is 12.2. The lowest BCUT2D eigenvalue weighted by atomic mass is 9.93. The van der Waals surface area contributed by atoms with Crippen molar-refractivity contribution in [2.24, 2.45) is 0 Å². The number of nitrogens with one attached hydrogen (secondary N) is 1. The predicted octanol–water partition coefficient (Wildman–Crippen LogP) is 2.38. The molecule has 1 aliphatic carbocycles. The minimum absolute atomic E-state index is 0.111. The quantitative estimate of drug-likeness (QED) is 0.895. The Morgan fingerprint density at radius 3 is 2.68 bits per heavy atom. The lowest BCUT2D eigenvalue weighted by Crippen LogP contribution is -2.38. The highest BCUT2D eigenvalue weighted by Crippen LogP contribution is 2.24. The van der Waals surface area contributed by atoms with Crippen molar-refractivity contribution in [2.45, 2.75) is 37.8 Å². The fourth-order valence-corrected chi connectivity index (χ4v) is 2.51. The Bertz CT molecular complexity index is 456. The first-order valence-electron chi connectivity index (χ1n) is 6.42. The van der Waals surface area contributed by atoms with Crippen LogP contribution in [0.4, 0.5) is 0 Å². The van der Waals surface area contributed by atoms with Gasteiger partial charge in [-0.15, -0.1) is 0 Å². The molecule has 5 heteroatoms. The minimum atomic E-state index is -0.228. The van der Waals surface area contributed by atoms with Gasteiger partial charge in [-0.3, -0.25) is 4.79 Å². The van der Waals surface area contributed by atoms with E-state index in [1.807, 2.05) is 0 Å². The maximum atomic E-state index is 12.2. The van der Waals surface area contributed by atoms with Gasteiger partial charge in [-0.2, -0.15) is 0 Å². The number of methoxy groups -OCH3 is 1. The zero-order valence-electron chi connectivity index (χ0n) is 10.9. The second-order valence-electron chi connectivity index (χ2n) is 4.82. The largest absolute Gasteiger partial charge is 0.496 e. The number of aliphatic hydroxyl groups is 1. The molecule has 0 bridgehead atoms. The average molecular weight is 284 g/mol. The number of amides is 1. The summed E-state index contributed by atoms with van der Waals surface area (Å²) in [5.74, 6) is 0.332. The highest BCUT2D eigenvalue weighted by Gasteiger charge is 2.22. The third-order valence-electron chi connectivity index (χ3n) is 3.44. The van der Waals surface area contributed by atoms with E-state index in [1.165, 1.54) is 7.11 Å². The van der Waals surface area contributed by atoms with Crippen molar-refractivity contribution in [2.75, 3.05) is 7.11 Å². The van der Waals surface area contributed by atoms with Crippen LogP contribution in [-0.2, 0) is 0 Å². The van der Waals surface area contributed by atoms with E-state index in [2.05, 4.69) is 5.32 Å². The first-order valence-corrected chi connectivity index (χ1v) is 6.80. The molecule has 1 aliphatic rings. The zero-order chi connectivity index (χ0) is 13.8. The number of rotatable bonds is 3. The second kappa shape index (κ2) is 6.26. The molecule has 1 aromatic rings. The van der Waals surface area contributed by atoms with Crippen molar-refractivity contribution in [1.82, 2.24) is 5.32 Å². The summed E-state index contributed by atoms with van der Waals surface area (Å²) < 4.78 is 5.17. The fraction of sp³-hybridized carbons (Fsp3) is 0.500. The van der Waals surface area contributed by atoms with E-state index in [-0.39, 0.29) is 18.1 Å². The van der Waals surface area contributed by atoms with E-state index in [4.69, 9.17) is 16.3 Å². The number of benzene rings is 1. The molecule has 104 valence electrons. The van der Waals surface area contributed by atoms with E-state index in [9.17, 15) is 9.90 Å². The van der Waals surface area contributed by atoms with Crippen molar-refractivity contribution < 1.29 is 14.6 Å².